The molecule has 1 atom stereocenters. The van der Waals surface area contributed by atoms with E-state index in [0.717, 1.165) is 26.7 Å². The molecule has 1 aromatic carbocycles. The fraction of sp³-hybridized carbons (Fsp3) is 0.538. The van der Waals surface area contributed by atoms with Crippen LogP contribution in [0.4, 0.5) is 13.2 Å². The van der Waals surface area contributed by atoms with Crippen LogP contribution in [0.25, 0.3) is 0 Å². The molecule has 0 heterocycles. The molecule has 0 saturated heterocycles. The first kappa shape index (κ1) is 16.8. The lowest BCUT2D eigenvalue weighted by Gasteiger charge is -2.19. The van der Waals surface area contributed by atoms with Crippen LogP contribution in [0.3, 0.4) is 0 Å². The summed E-state index contributed by atoms with van der Waals surface area (Å²) in [4.78, 5) is 0. The highest BCUT2D eigenvalue weighted by Crippen LogP contribution is 2.34. The molecule has 1 unspecified atom stereocenters. The second kappa shape index (κ2) is 6.46. The summed E-state index contributed by atoms with van der Waals surface area (Å²) in [5.41, 5.74) is 3.78. The molecule has 0 radical (unpaired) electrons. The minimum Gasteiger partial charge on any atom is -0.370 e. The molecule has 1 nitrogen and oxygen atoms in total. The Bertz CT molecular complexity index is 460. The van der Waals surface area contributed by atoms with Crippen LogP contribution in [0, 0.1) is 20.8 Å². The van der Waals surface area contributed by atoms with Gasteiger partial charge in [0.05, 0.1) is 12.0 Å². The van der Waals surface area contributed by atoms with E-state index in [2.05, 4.69) is 20.7 Å². The van der Waals surface area contributed by atoms with Gasteiger partial charge in [0.25, 0.3) is 0 Å². The van der Waals surface area contributed by atoms with Gasteiger partial charge in [-0.2, -0.15) is 13.2 Å². The maximum absolute atomic E-state index is 12.0. The summed E-state index contributed by atoms with van der Waals surface area (Å²) < 4.78 is 41.6. The zero-order chi connectivity index (χ0) is 14.8. The summed E-state index contributed by atoms with van der Waals surface area (Å²) in [6, 6.07) is 1.95. The first-order valence-electron chi connectivity index (χ1n) is 5.68. The number of rotatable bonds is 4. The van der Waals surface area contributed by atoms with E-state index in [1.165, 1.54) is 0 Å². The summed E-state index contributed by atoms with van der Waals surface area (Å²) in [7, 11) is 0. The van der Waals surface area contributed by atoms with Crippen LogP contribution in [0.2, 0.25) is 0 Å². The Labute approximate surface area is 124 Å². The first-order chi connectivity index (χ1) is 8.63. The molecular formula is C13H15BrClF3O. The third kappa shape index (κ3) is 4.65. The Balaban J connectivity index is 2.83. The number of benzene rings is 1. The predicted molar refractivity (Wildman–Crippen MR) is 73.8 cm³/mol. The molecule has 0 saturated carbocycles. The van der Waals surface area contributed by atoms with Gasteiger partial charge in [0, 0.05) is 4.47 Å². The summed E-state index contributed by atoms with van der Waals surface area (Å²) in [6.07, 6.45) is -4.32. The van der Waals surface area contributed by atoms with Crippen molar-refractivity contribution in [2.75, 3.05) is 13.2 Å². The Morgan fingerprint density at radius 2 is 1.84 bits per heavy atom. The average molecular weight is 360 g/mol. The van der Waals surface area contributed by atoms with Crippen molar-refractivity contribution in [1.82, 2.24) is 0 Å². The number of alkyl halides is 4. The molecule has 1 aromatic rings. The summed E-state index contributed by atoms with van der Waals surface area (Å²) >= 11 is 9.61. The van der Waals surface area contributed by atoms with E-state index in [-0.39, 0.29) is 6.61 Å². The van der Waals surface area contributed by atoms with Crippen LogP contribution in [0.5, 0.6) is 0 Å². The van der Waals surface area contributed by atoms with Crippen molar-refractivity contribution in [2.45, 2.75) is 32.3 Å². The molecule has 19 heavy (non-hydrogen) atoms. The fourth-order valence-corrected chi connectivity index (χ4v) is 2.77. The summed E-state index contributed by atoms with van der Waals surface area (Å²) in [6.45, 7) is 4.29. The number of hydrogen-bond donors (Lipinski definition) is 0. The van der Waals surface area contributed by atoms with E-state index >= 15 is 0 Å². The van der Waals surface area contributed by atoms with Gasteiger partial charge in [-0.25, -0.2) is 0 Å². The number of hydrogen-bond acceptors (Lipinski definition) is 1. The predicted octanol–water partition coefficient (Wildman–Crippen LogP) is 5.23. The number of aryl methyl sites for hydroxylation is 2. The molecule has 0 aromatic heterocycles. The molecule has 1 rings (SSSR count). The molecule has 6 heteroatoms. The molecule has 0 fully saturated rings. The van der Waals surface area contributed by atoms with E-state index in [4.69, 9.17) is 11.6 Å². The van der Waals surface area contributed by atoms with E-state index < -0.39 is 18.2 Å². The zero-order valence-electron chi connectivity index (χ0n) is 10.9. The molecular weight excluding hydrogens is 344 g/mol. The Morgan fingerprint density at radius 1 is 1.26 bits per heavy atom. The minimum atomic E-state index is -4.32. The number of ether oxygens (including phenoxy) is 1. The van der Waals surface area contributed by atoms with Gasteiger partial charge in [-0.05, 0) is 43.0 Å². The Kier molecular flexibility index (Phi) is 5.71. The quantitative estimate of drug-likeness (QED) is 0.669. The van der Waals surface area contributed by atoms with E-state index in [1.807, 2.05) is 26.8 Å². The molecule has 108 valence electrons. The third-order valence-electron chi connectivity index (χ3n) is 2.78. The van der Waals surface area contributed by atoms with Crippen LogP contribution in [0.1, 0.15) is 27.6 Å². The second-order valence-corrected chi connectivity index (χ2v) is 5.78. The van der Waals surface area contributed by atoms with Crippen LogP contribution < -0.4 is 0 Å². The molecule has 0 amide bonds. The first-order valence-corrected chi connectivity index (χ1v) is 6.91. The monoisotopic (exact) mass is 358 g/mol. The Morgan fingerprint density at radius 3 is 2.37 bits per heavy atom. The standard InChI is InChI=1S/C13H15BrClF3O/c1-7-4-8(2)12(14)9(3)11(7)10(15)5-19-6-13(16,17)18/h4,10H,5-6H2,1-3H3. The van der Waals surface area contributed by atoms with Gasteiger partial charge in [0.15, 0.2) is 0 Å². The maximum atomic E-state index is 12.0. The minimum absolute atomic E-state index is 0.168. The molecule has 0 bridgehead atoms. The van der Waals surface area contributed by atoms with Gasteiger partial charge in [0.1, 0.15) is 6.61 Å². The number of halogens is 5. The van der Waals surface area contributed by atoms with Crippen molar-refractivity contribution < 1.29 is 17.9 Å². The third-order valence-corrected chi connectivity index (χ3v) is 4.34. The van der Waals surface area contributed by atoms with Gasteiger partial charge < -0.3 is 4.74 Å². The van der Waals surface area contributed by atoms with Crippen LogP contribution >= 0.6 is 27.5 Å². The van der Waals surface area contributed by atoms with Crippen molar-refractivity contribution in [3.8, 4) is 0 Å². The second-order valence-electron chi connectivity index (χ2n) is 4.46. The van der Waals surface area contributed by atoms with E-state index in [9.17, 15) is 13.2 Å². The van der Waals surface area contributed by atoms with Gasteiger partial charge in [-0.3, -0.25) is 0 Å². The zero-order valence-corrected chi connectivity index (χ0v) is 13.2. The Hall–Kier alpha value is -0.260. The van der Waals surface area contributed by atoms with Crippen LogP contribution in [-0.2, 0) is 4.74 Å². The van der Waals surface area contributed by atoms with E-state index in [0.29, 0.717) is 0 Å². The van der Waals surface area contributed by atoms with Crippen molar-refractivity contribution >= 4 is 27.5 Å². The fourth-order valence-electron chi connectivity index (χ4n) is 2.02. The van der Waals surface area contributed by atoms with Crippen molar-refractivity contribution in [1.29, 1.82) is 0 Å². The van der Waals surface area contributed by atoms with Gasteiger partial charge >= 0.3 is 6.18 Å². The SMILES string of the molecule is Cc1cc(C)c(C(Cl)COCC(F)(F)F)c(C)c1Br. The molecule has 0 N–H and O–H groups in total. The summed E-state index contributed by atoms with van der Waals surface area (Å²) in [5, 5.41) is -0.598. The van der Waals surface area contributed by atoms with Gasteiger partial charge in [-0.15, -0.1) is 11.6 Å². The van der Waals surface area contributed by atoms with Crippen LogP contribution in [-0.4, -0.2) is 19.4 Å². The van der Waals surface area contributed by atoms with Gasteiger partial charge in [0.2, 0.25) is 0 Å². The topological polar surface area (TPSA) is 9.23 Å². The molecule has 0 aliphatic carbocycles. The highest BCUT2D eigenvalue weighted by Gasteiger charge is 2.28. The lowest BCUT2D eigenvalue weighted by atomic mass is 9.97. The summed E-state index contributed by atoms with van der Waals surface area (Å²) in [5.74, 6) is 0. The van der Waals surface area contributed by atoms with Crippen molar-refractivity contribution in [3.63, 3.8) is 0 Å². The highest BCUT2D eigenvalue weighted by molar-refractivity contribution is 9.10. The lowest BCUT2D eigenvalue weighted by molar-refractivity contribution is -0.173. The van der Waals surface area contributed by atoms with E-state index in [1.54, 1.807) is 0 Å². The normalized spacial score (nSPS) is 13.7. The largest absolute Gasteiger partial charge is 0.411 e. The van der Waals surface area contributed by atoms with Crippen molar-refractivity contribution in [2.24, 2.45) is 0 Å². The molecule has 0 aliphatic heterocycles. The maximum Gasteiger partial charge on any atom is 0.411 e. The lowest BCUT2D eigenvalue weighted by Crippen LogP contribution is -2.19. The molecule has 0 aliphatic rings. The molecule has 0 spiro atoms. The highest BCUT2D eigenvalue weighted by atomic mass is 79.9. The van der Waals surface area contributed by atoms with Crippen molar-refractivity contribution in [3.05, 3.63) is 32.8 Å². The average Bonchev–Trinajstić information content (AvgIpc) is 2.24. The van der Waals surface area contributed by atoms with Crippen LogP contribution in [0.15, 0.2) is 10.5 Å². The van der Waals surface area contributed by atoms with Gasteiger partial charge in [-0.1, -0.05) is 22.0 Å². The smallest absolute Gasteiger partial charge is 0.370 e.